The van der Waals surface area contributed by atoms with E-state index in [-0.39, 0.29) is 10.6 Å². The van der Waals surface area contributed by atoms with E-state index in [4.69, 9.17) is 22.6 Å². The number of hydrogen-bond acceptors (Lipinski definition) is 2. The van der Waals surface area contributed by atoms with Crippen LogP contribution in [0.25, 0.3) is 6.08 Å². The van der Waals surface area contributed by atoms with Gasteiger partial charge in [-0.15, -0.1) is 0 Å². The van der Waals surface area contributed by atoms with Gasteiger partial charge in [-0.25, -0.2) is 0 Å². The molecule has 2 N–H and O–H groups in total. The van der Waals surface area contributed by atoms with E-state index in [2.05, 4.69) is 0 Å². The molecule has 0 radical (unpaired) electrons. The Kier molecular flexibility index (Phi) is 4.31. The molecule has 1 aromatic rings. The SMILES string of the molecule is N#C/C(=C\C(Cl)=C\c1ccccc1)C(N)=O. The first-order valence-corrected chi connectivity index (χ1v) is 4.85. The minimum Gasteiger partial charge on any atom is -0.365 e. The van der Waals surface area contributed by atoms with E-state index < -0.39 is 5.91 Å². The molecule has 0 aromatic heterocycles. The van der Waals surface area contributed by atoms with E-state index in [9.17, 15) is 4.79 Å². The summed E-state index contributed by atoms with van der Waals surface area (Å²) in [5.74, 6) is -0.790. The first-order valence-electron chi connectivity index (χ1n) is 4.47. The number of primary amides is 1. The van der Waals surface area contributed by atoms with Crippen LogP contribution in [0.3, 0.4) is 0 Å². The first kappa shape index (κ1) is 12.0. The number of nitrogens with zero attached hydrogens (tertiary/aromatic N) is 1. The smallest absolute Gasteiger partial charge is 0.259 e. The van der Waals surface area contributed by atoms with Crippen LogP contribution >= 0.6 is 11.6 Å². The fourth-order valence-corrected chi connectivity index (χ4v) is 1.28. The fourth-order valence-electron chi connectivity index (χ4n) is 1.05. The molecule has 1 amide bonds. The molecule has 0 bridgehead atoms. The van der Waals surface area contributed by atoms with Crippen LogP contribution in [0.5, 0.6) is 0 Å². The van der Waals surface area contributed by atoms with Gasteiger partial charge in [0.25, 0.3) is 5.91 Å². The second kappa shape index (κ2) is 5.74. The van der Waals surface area contributed by atoms with Crippen molar-refractivity contribution >= 4 is 23.6 Å². The third kappa shape index (κ3) is 3.60. The third-order valence-electron chi connectivity index (χ3n) is 1.77. The molecule has 0 saturated carbocycles. The van der Waals surface area contributed by atoms with E-state index in [1.165, 1.54) is 6.08 Å². The van der Waals surface area contributed by atoms with E-state index >= 15 is 0 Å². The van der Waals surface area contributed by atoms with Gasteiger partial charge in [-0.1, -0.05) is 41.9 Å². The maximum atomic E-state index is 10.8. The Labute approximate surface area is 98.4 Å². The van der Waals surface area contributed by atoms with Crippen molar-refractivity contribution in [2.45, 2.75) is 0 Å². The highest BCUT2D eigenvalue weighted by Gasteiger charge is 2.03. The molecule has 0 unspecified atom stereocenters. The number of amides is 1. The number of hydrogen-bond donors (Lipinski definition) is 1. The monoisotopic (exact) mass is 232 g/mol. The summed E-state index contributed by atoms with van der Waals surface area (Å²) >= 11 is 5.86. The van der Waals surface area contributed by atoms with E-state index in [0.29, 0.717) is 0 Å². The van der Waals surface area contributed by atoms with Gasteiger partial charge in [0.1, 0.15) is 11.6 Å². The zero-order chi connectivity index (χ0) is 12.0. The molecule has 0 aliphatic rings. The van der Waals surface area contributed by atoms with Crippen LogP contribution in [0.1, 0.15) is 5.56 Å². The van der Waals surface area contributed by atoms with Crippen molar-refractivity contribution in [3.8, 4) is 6.07 Å². The quantitative estimate of drug-likeness (QED) is 0.493. The molecule has 0 heterocycles. The Morgan fingerprint density at radius 1 is 1.38 bits per heavy atom. The molecule has 0 aliphatic heterocycles. The lowest BCUT2D eigenvalue weighted by molar-refractivity contribution is -0.114. The standard InChI is InChI=1S/C12H9ClN2O/c13-11(7-10(8-14)12(15)16)6-9-4-2-1-3-5-9/h1-7H,(H2,15,16)/b10-7+,11-6-. The lowest BCUT2D eigenvalue weighted by Gasteiger charge is -1.94. The summed E-state index contributed by atoms with van der Waals surface area (Å²) in [5, 5.41) is 8.89. The number of allylic oxidation sites excluding steroid dienone is 2. The molecule has 0 atom stereocenters. The van der Waals surface area contributed by atoms with Gasteiger partial charge in [0, 0.05) is 5.03 Å². The number of carbonyl (C=O) groups excluding carboxylic acids is 1. The second-order valence-corrected chi connectivity index (χ2v) is 3.41. The molecule has 80 valence electrons. The summed E-state index contributed by atoms with van der Waals surface area (Å²) in [7, 11) is 0. The molecule has 0 aliphatic carbocycles. The molecule has 4 heteroatoms. The first-order chi connectivity index (χ1) is 7.63. The van der Waals surface area contributed by atoms with Crippen molar-refractivity contribution in [3.63, 3.8) is 0 Å². The lowest BCUT2D eigenvalue weighted by Crippen LogP contribution is -2.12. The van der Waals surface area contributed by atoms with Gasteiger partial charge < -0.3 is 5.73 Å². The average molecular weight is 233 g/mol. The normalized spacial score (nSPS) is 12.0. The van der Waals surface area contributed by atoms with Crippen molar-refractivity contribution in [2.75, 3.05) is 0 Å². The number of benzene rings is 1. The van der Waals surface area contributed by atoms with Crippen LogP contribution in [0.2, 0.25) is 0 Å². The van der Waals surface area contributed by atoms with Crippen molar-refractivity contribution in [1.29, 1.82) is 5.26 Å². The van der Waals surface area contributed by atoms with Gasteiger partial charge in [-0.05, 0) is 17.7 Å². The number of nitriles is 1. The molecule has 1 aromatic carbocycles. The predicted molar refractivity (Wildman–Crippen MR) is 63.2 cm³/mol. The molecule has 0 fully saturated rings. The van der Waals surface area contributed by atoms with E-state index in [1.54, 1.807) is 12.1 Å². The number of nitrogens with two attached hydrogens (primary N) is 1. The maximum Gasteiger partial charge on any atom is 0.259 e. The average Bonchev–Trinajstić information content (AvgIpc) is 2.27. The Balaban J connectivity index is 2.96. The number of carbonyl (C=O) groups is 1. The number of rotatable bonds is 3. The van der Waals surface area contributed by atoms with Gasteiger partial charge in [0.15, 0.2) is 0 Å². The van der Waals surface area contributed by atoms with Crippen LogP contribution in [-0.2, 0) is 4.79 Å². The van der Waals surface area contributed by atoms with Gasteiger partial charge in [0.05, 0.1) is 0 Å². The van der Waals surface area contributed by atoms with Gasteiger partial charge >= 0.3 is 0 Å². The van der Waals surface area contributed by atoms with Crippen LogP contribution in [-0.4, -0.2) is 5.91 Å². The van der Waals surface area contributed by atoms with Gasteiger partial charge in [0.2, 0.25) is 0 Å². The van der Waals surface area contributed by atoms with Crippen molar-refractivity contribution in [2.24, 2.45) is 5.73 Å². The highest BCUT2D eigenvalue weighted by molar-refractivity contribution is 6.33. The zero-order valence-electron chi connectivity index (χ0n) is 8.35. The second-order valence-electron chi connectivity index (χ2n) is 2.97. The largest absolute Gasteiger partial charge is 0.365 e. The van der Waals surface area contributed by atoms with Gasteiger partial charge in [-0.2, -0.15) is 5.26 Å². The summed E-state index contributed by atoms with van der Waals surface area (Å²) in [6, 6.07) is 11.0. The summed E-state index contributed by atoms with van der Waals surface area (Å²) in [6.07, 6.45) is 2.89. The van der Waals surface area contributed by atoms with Crippen molar-refractivity contribution in [3.05, 3.63) is 52.6 Å². The van der Waals surface area contributed by atoms with Crippen LogP contribution in [0.4, 0.5) is 0 Å². The van der Waals surface area contributed by atoms with E-state index in [1.807, 2.05) is 30.3 Å². The summed E-state index contributed by atoms with van der Waals surface area (Å²) in [4.78, 5) is 10.8. The molecule has 16 heavy (non-hydrogen) atoms. The van der Waals surface area contributed by atoms with E-state index in [0.717, 1.165) is 5.56 Å². The Morgan fingerprint density at radius 2 is 2.00 bits per heavy atom. The Bertz CT molecular complexity index is 483. The minimum absolute atomic E-state index is 0.169. The van der Waals surface area contributed by atoms with Gasteiger partial charge in [-0.3, -0.25) is 4.79 Å². The molecule has 0 spiro atoms. The summed E-state index contributed by atoms with van der Waals surface area (Å²) < 4.78 is 0. The van der Waals surface area contributed by atoms with Crippen LogP contribution in [0, 0.1) is 11.3 Å². The Hall–Kier alpha value is -2.05. The van der Waals surface area contributed by atoms with Crippen LogP contribution < -0.4 is 5.73 Å². The van der Waals surface area contributed by atoms with Crippen molar-refractivity contribution in [1.82, 2.24) is 0 Å². The fraction of sp³-hybridized carbons (Fsp3) is 0. The third-order valence-corrected chi connectivity index (χ3v) is 1.99. The molecular formula is C12H9ClN2O. The topological polar surface area (TPSA) is 66.9 Å². The molecule has 1 rings (SSSR count). The summed E-state index contributed by atoms with van der Waals surface area (Å²) in [6.45, 7) is 0. The highest BCUT2D eigenvalue weighted by atomic mass is 35.5. The van der Waals surface area contributed by atoms with Crippen molar-refractivity contribution < 1.29 is 4.79 Å². The minimum atomic E-state index is -0.790. The number of halogens is 1. The highest BCUT2D eigenvalue weighted by Crippen LogP contribution is 2.13. The molecule has 0 saturated heterocycles. The molecular weight excluding hydrogens is 224 g/mol. The summed E-state index contributed by atoms with van der Waals surface area (Å²) in [5.41, 5.74) is 5.68. The Morgan fingerprint density at radius 3 is 2.50 bits per heavy atom. The van der Waals surface area contributed by atoms with Crippen LogP contribution in [0.15, 0.2) is 47.0 Å². The maximum absolute atomic E-state index is 10.8. The predicted octanol–water partition coefficient (Wildman–Crippen LogP) is 2.20. The zero-order valence-corrected chi connectivity index (χ0v) is 9.11. The lowest BCUT2D eigenvalue weighted by atomic mass is 10.2. The molecule has 3 nitrogen and oxygen atoms in total.